The van der Waals surface area contributed by atoms with E-state index in [0.29, 0.717) is 5.41 Å². The lowest BCUT2D eigenvalue weighted by Crippen LogP contribution is -2.39. The van der Waals surface area contributed by atoms with Crippen molar-refractivity contribution in [3.8, 4) is 0 Å². The number of methoxy groups -OCH3 is 1. The second-order valence-electron chi connectivity index (χ2n) is 6.66. The number of nitrogens with zero attached hydrogens (tertiary/aromatic N) is 2. The Kier molecular flexibility index (Phi) is 3.92. The largest absolute Gasteiger partial charge is 0.385 e. The van der Waals surface area contributed by atoms with Gasteiger partial charge in [0.15, 0.2) is 0 Å². The van der Waals surface area contributed by atoms with E-state index in [2.05, 4.69) is 9.80 Å². The molecule has 0 N–H and O–H groups in total. The van der Waals surface area contributed by atoms with Crippen molar-refractivity contribution in [2.24, 2.45) is 5.41 Å². The first-order chi connectivity index (χ1) is 8.81. The number of hydrogen-bond acceptors (Lipinski definition) is 3. The van der Waals surface area contributed by atoms with Crippen LogP contribution in [0.5, 0.6) is 0 Å². The van der Waals surface area contributed by atoms with Crippen molar-refractivity contribution in [2.45, 2.75) is 44.6 Å². The summed E-state index contributed by atoms with van der Waals surface area (Å²) in [6.07, 6.45) is 8.36. The first-order valence-corrected chi connectivity index (χ1v) is 7.77. The minimum absolute atomic E-state index is 0.629. The van der Waals surface area contributed by atoms with Crippen molar-refractivity contribution in [1.82, 2.24) is 9.80 Å². The quantitative estimate of drug-likeness (QED) is 0.744. The standard InChI is InChI=1S/C15H28N2O/c1-18-11-7-15(5-6-15)13-16-8-3-10-17-9-2-4-14(17)12-16/h14H,2-13H2,1H3. The van der Waals surface area contributed by atoms with Crippen molar-refractivity contribution >= 4 is 0 Å². The first kappa shape index (κ1) is 12.9. The Balaban J connectivity index is 1.52. The van der Waals surface area contributed by atoms with Crippen LogP contribution in [0.25, 0.3) is 0 Å². The molecule has 0 radical (unpaired) electrons. The number of ether oxygens (including phenoxy) is 1. The Morgan fingerprint density at radius 2 is 2.00 bits per heavy atom. The molecule has 0 aromatic rings. The third-order valence-electron chi connectivity index (χ3n) is 5.24. The second-order valence-corrected chi connectivity index (χ2v) is 6.66. The fourth-order valence-corrected chi connectivity index (χ4v) is 3.88. The van der Waals surface area contributed by atoms with Gasteiger partial charge in [-0.1, -0.05) is 0 Å². The molecule has 1 atom stereocenters. The Bertz CT molecular complexity index is 278. The van der Waals surface area contributed by atoms with Crippen LogP contribution >= 0.6 is 0 Å². The van der Waals surface area contributed by atoms with Gasteiger partial charge in [0.25, 0.3) is 0 Å². The highest BCUT2D eigenvalue weighted by Gasteiger charge is 2.44. The predicted octanol–water partition coefficient (Wildman–Crippen LogP) is 1.97. The predicted molar refractivity (Wildman–Crippen MR) is 73.8 cm³/mol. The topological polar surface area (TPSA) is 15.7 Å². The van der Waals surface area contributed by atoms with Crippen molar-refractivity contribution in [3.63, 3.8) is 0 Å². The molecular formula is C15H28N2O. The van der Waals surface area contributed by atoms with Crippen LogP contribution in [0, 0.1) is 5.41 Å². The molecule has 3 nitrogen and oxygen atoms in total. The van der Waals surface area contributed by atoms with Gasteiger partial charge in [-0.15, -0.1) is 0 Å². The van der Waals surface area contributed by atoms with E-state index in [1.807, 2.05) is 7.11 Å². The van der Waals surface area contributed by atoms with E-state index in [4.69, 9.17) is 4.74 Å². The highest BCUT2D eigenvalue weighted by molar-refractivity contribution is 4.97. The van der Waals surface area contributed by atoms with Crippen LogP contribution in [0.1, 0.15) is 38.5 Å². The zero-order valence-electron chi connectivity index (χ0n) is 11.9. The van der Waals surface area contributed by atoms with E-state index < -0.39 is 0 Å². The molecular weight excluding hydrogens is 224 g/mol. The maximum Gasteiger partial charge on any atom is 0.0468 e. The summed E-state index contributed by atoms with van der Waals surface area (Å²) in [5.74, 6) is 0. The number of hydrogen-bond donors (Lipinski definition) is 0. The molecule has 0 amide bonds. The minimum Gasteiger partial charge on any atom is -0.385 e. The Hall–Kier alpha value is -0.120. The SMILES string of the molecule is COCCC1(CN2CCCN3CCCC3C2)CC1. The van der Waals surface area contributed by atoms with Crippen molar-refractivity contribution in [1.29, 1.82) is 0 Å². The van der Waals surface area contributed by atoms with Crippen molar-refractivity contribution in [2.75, 3.05) is 46.4 Å². The monoisotopic (exact) mass is 252 g/mol. The fraction of sp³-hybridized carbons (Fsp3) is 1.00. The molecule has 3 aliphatic rings. The van der Waals surface area contributed by atoms with E-state index in [9.17, 15) is 0 Å². The maximum absolute atomic E-state index is 5.27. The van der Waals surface area contributed by atoms with Gasteiger partial charge in [0.1, 0.15) is 0 Å². The lowest BCUT2D eigenvalue weighted by atomic mass is 10.0. The zero-order chi connectivity index (χ0) is 12.4. The fourth-order valence-electron chi connectivity index (χ4n) is 3.88. The van der Waals surface area contributed by atoms with E-state index in [-0.39, 0.29) is 0 Å². The molecule has 2 heterocycles. The zero-order valence-corrected chi connectivity index (χ0v) is 11.9. The van der Waals surface area contributed by atoms with Crippen LogP contribution in [0.15, 0.2) is 0 Å². The minimum atomic E-state index is 0.629. The molecule has 2 saturated heterocycles. The van der Waals surface area contributed by atoms with Gasteiger partial charge in [0.2, 0.25) is 0 Å². The van der Waals surface area contributed by atoms with Gasteiger partial charge in [0.05, 0.1) is 0 Å². The van der Waals surface area contributed by atoms with Gasteiger partial charge in [-0.05, 0) is 63.6 Å². The third kappa shape index (κ3) is 2.89. The van der Waals surface area contributed by atoms with Crippen LogP contribution in [0.2, 0.25) is 0 Å². The molecule has 3 fully saturated rings. The Morgan fingerprint density at radius 3 is 2.78 bits per heavy atom. The molecule has 0 aromatic carbocycles. The van der Waals surface area contributed by atoms with E-state index in [1.54, 1.807) is 0 Å². The second kappa shape index (κ2) is 5.48. The van der Waals surface area contributed by atoms with E-state index >= 15 is 0 Å². The molecule has 3 heteroatoms. The summed E-state index contributed by atoms with van der Waals surface area (Å²) in [5, 5.41) is 0. The van der Waals surface area contributed by atoms with E-state index in [0.717, 1.165) is 12.6 Å². The molecule has 2 aliphatic heterocycles. The Morgan fingerprint density at radius 1 is 1.17 bits per heavy atom. The third-order valence-corrected chi connectivity index (χ3v) is 5.24. The highest BCUT2D eigenvalue weighted by atomic mass is 16.5. The molecule has 1 saturated carbocycles. The maximum atomic E-state index is 5.27. The van der Waals surface area contributed by atoms with Crippen molar-refractivity contribution < 1.29 is 4.74 Å². The highest BCUT2D eigenvalue weighted by Crippen LogP contribution is 2.49. The molecule has 1 aliphatic carbocycles. The van der Waals surface area contributed by atoms with Crippen molar-refractivity contribution in [3.05, 3.63) is 0 Å². The molecule has 104 valence electrons. The summed E-state index contributed by atoms with van der Waals surface area (Å²) in [6.45, 7) is 7.63. The summed E-state index contributed by atoms with van der Waals surface area (Å²) >= 11 is 0. The summed E-state index contributed by atoms with van der Waals surface area (Å²) in [5.41, 5.74) is 0.629. The van der Waals surface area contributed by atoms with Gasteiger partial charge >= 0.3 is 0 Å². The summed E-state index contributed by atoms with van der Waals surface area (Å²) in [7, 11) is 1.83. The molecule has 18 heavy (non-hydrogen) atoms. The van der Waals surface area contributed by atoms with Crippen LogP contribution in [-0.2, 0) is 4.74 Å². The van der Waals surface area contributed by atoms with Gasteiger partial charge in [0, 0.05) is 32.8 Å². The van der Waals surface area contributed by atoms with E-state index in [1.165, 1.54) is 71.2 Å². The summed E-state index contributed by atoms with van der Waals surface area (Å²) < 4.78 is 5.27. The van der Waals surface area contributed by atoms with Crippen LogP contribution in [0.4, 0.5) is 0 Å². The van der Waals surface area contributed by atoms with Crippen LogP contribution < -0.4 is 0 Å². The van der Waals surface area contributed by atoms with Crippen LogP contribution in [0.3, 0.4) is 0 Å². The van der Waals surface area contributed by atoms with Gasteiger partial charge < -0.3 is 9.64 Å². The summed E-state index contributed by atoms with van der Waals surface area (Å²) in [4.78, 5) is 5.49. The number of fused-ring (bicyclic) bond motifs is 1. The summed E-state index contributed by atoms with van der Waals surface area (Å²) in [6, 6.07) is 0.866. The first-order valence-electron chi connectivity index (χ1n) is 7.77. The lowest BCUT2D eigenvalue weighted by molar-refractivity contribution is 0.141. The van der Waals surface area contributed by atoms with Gasteiger partial charge in [-0.3, -0.25) is 4.90 Å². The Labute approximate surface area is 111 Å². The van der Waals surface area contributed by atoms with Gasteiger partial charge in [-0.25, -0.2) is 0 Å². The molecule has 0 spiro atoms. The molecule has 1 unspecified atom stereocenters. The molecule has 0 bridgehead atoms. The average Bonchev–Trinajstić information content (AvgIpc) is 3.05. The van der Waals surface area contributed by atoms with Crippen LogP contribution in [-0.4, -0.2) is 62.3 Å². The molecule has 0 aromatic heterocycles. The lowest BCUT2D eigenvalue weighted by Gasteiger charge is -2.29. The number of rotatable bonds is 5. The average molecular weight is 252 g/mol. The molecule has 3 rings (SSSR count). The van der Waals surface area contributed by atoms with Gasteiger partial charge in [-0.2, -0.15) is 0 Å². The smallest absolute Gasteiger partial charge is 0.0468 e. The normalized spacial score (nSPS) is 32.2.